The van der Waals surface area contributed by atoms with E-state index >= 15 is 0 Å². The number of nitrogens with zero attached hydrogens (tertiary/aromatic N) is 2. The van der Waals surface area contributed by atoms with Gasteiger partial charge in [-0.3, -0.25) is 9.79 Å². The summed E-state index contributed by atoms with van der Waals surface area (Å²) in [5.74, 6) is 1.12. The molecule has 3 rings (SSSR count). The fraction of sp³-hybridized carbons (Fsp3) is 0.556. The summed E-state index contributed by atoms with van der Waals surface area (Å²) in [4.78, 5) is 18.8. The van der Waals surface area contributed by atoms with E-state index in [2.05, 4.69) is 34.7 Å². The van der Waals surface area contributed by atoms with Gasteiger partial charge in [0.15, 0.2) is 5.96 Å². The molecule has 1 aliphatic carbocycles. The summed E-state index contributed by atoms with van der Waals surface area (Å²) in [6.07, 6.45) is 3.84. The highest BCUT2D eigenvalue weighted by atomic mass is 127. The first-order valence-electron chi connectivity index (χ1n) is 8.65. The fourth-order valence-corrected chi connectivity index (χ4v) is 2.83. The third-order valence-corrected chi connectivity index (χ3v) is 4.27. The van der Waals surface area contributed by atoms with E-state index < -0.39 is 0 Å². The Morgan fingerprint density at radius 1 is 1.25 bits per heavy atom. The van der Waals surface area contributed by atoms with Crippen LogP contribution in [0.25, 0.3) is 0 Å². The molecule has 0 spiro atoms. The van der Waals surface area contributed by atoms with E-state index in [1.54, 1.807) is 0 Å². The lowest BCUT2D eigenvalue weighted by molar-refractivity contribution is -0.131. The van der Waals surface area contributed by atoms with Gasteiger partial charge in [-0.15, -0.1) is 24.0 Å². The maximum atomic E-state index is 12.3. The molecule has 1 amide bonds. The second-order valence-corrected chi connectivity index (χ2v) is 6.30. The average molecular weight is 442 g/mol. The molecule has 2 aliphatic rings. The van der Waals surface area contributed by atoms with E-state index in [-0.39, 0.29) is 29.9 Å². The van der Waals surface area contributed by atoms with Crippen LogP contribution in [0, 0.1) is 0 Å². The highest BCUT2D eigenvalue weighted by molar-refractivity contribution is 14.0. The number of nitrogens with one attached hydrogen (secondary N) is 2. The Kier molecular flexibility index (Phi) is 7.33. The van der Waals surface area contributed by atoms with Gasteiger partial charge in [-0.05, 0) is 37.3 Å². The molecule has 0 saturated heterocycles. The fourth-order valence-electron chi connectivity index (χ4n) is 2.83. The van der Waals surface area contributed by atoms with Gasteiger partial charge in [0, 0.05) is 38.6 Å². The van der Waals surface area contributed by atoms with Crippen molar-refractivity contribution < 1.29 is 4.79 Å². The zero-order chi connectivity index (χ0) is 16.1. The Morgan fingerprint density at radius 2 is 1.92 bits per heavy atom. The van der Waals surface area contributed by atoms with Crippen LogP contribution >= 0.6 is 24.0 Å². The third-order valence-electron chi connectivity index (χ3n) is 4.27. The molecule has 5 nitrogen and oxygen atoms in total. The minimum absolute atomic E-state index is 0. The third kappa shape index (κ3) is 5.36. The van der Waals surface area contributed by atoms with Gasteiger partial charge in [-0.2, -0.15) is 0 Å². The molecule has 6 heteroatoms. The number of aliphatic imine (C=N–C) groups is 1. The largest absolute Gasteiger partial charge is 0.357 e. The highest BCUT2D eigenvalue weighted by Crippen LogP contribution is 2.23. The van der Waals surface area contributed by atoms with Crippen molar-refractivity contribution in [1.29, 1.82) is 0 Å². The van der Waals surface area contributed by atoms with Gasteiger partial charge in [0.2, 0.25) is 5.91 Å². The number of guanidine groups is 1. The normalized spacial score (nSPS) is 16.4. The van der Waals surface area contributed by atoms with Gasteiger partial charge in [0.25, 0.3) is 0 Å². The first kappa shape index (κ1) is 19.0. The summed E-state index contributed by atoms with van der Waals surface area (Å²) in [6, 6.07) is 8.89. The maximum Gasteiger partial charge on any atom is 0.223 e. The molecule has 0 atom stereocenters. The van der Waals surface area contributed by atoms with Crippen molar-refractivity contribution >= 4 is 35.8 Å². The molecule has 132 valence electrons. The number of benzene rings is 1. The topological polar surface area (TPSA) is 56.7 Å². The number of fused-ring (bicyclic) bond motifs is 1. The van der Waals surface area contributed by atoms with Crippen LogP contribution in [0.3, 0.4) is 0 Å². The van der Waals surface area contributed by atoms with Crippen molar-refractivity contribution in [2.75, 3.05) is 13.1 Å². The number of carbonyl (C=O) groups is 1. The molecule has 24 heavy (non-hydrogen) atoms. The molecular weight excluding hydrogens is 415 g/mol. The van der Waals surface area contributed by atoms with Crippen LogP contribution in [0.5, 0.6) is 0 Å². The smallest absolute Gasteiger partial charge is 0.223 e. The molecule has 1 fully saturated rings. The zero-order valence-corrected chi connectivity index (χ0v) is 16.6. The molecule has 0 radical (unpaired) electrons. The number of rotatable bonds is 6. The van der Waals surface area contributed by atoms with Gasteiger partial charge >= 0.3 is 0 Å². The second kappa shape index (κ2) is 9.25. The predicted octanol–water partition coefficient (Wildman–Crippen LogP) is 2.64. The Morgan fingerprint density at radius 3 is 2.50 bits per heavy atom. The van der Waals surface area contributed by atoms with Crippen molar-refractivity contribution in [1.82, 2.24) is 15.5 Å². The Labute approximate surface area is 161 Å². The van der Waals surface area contributed by atoms with Crippen LogP contribution in [0.2, 0.25) is 0 Å². The molecule has 0 aromatic heterocycles. The van der Waals surface area contributed by atoms with E-state index in [0.29, 0.717) is 19.0 Å². The van der Waals surface area contributed by atoms with Crippen LogP contribution in [-0.2, 0) is 17.9 Å². The zero-order valence-electron chi connectivity index (χ0n) is 14.3. The summed E-state index contributed by atoms with van der Waals surface area (Å²) in [5.41, 5.74) is 2.56. The van der Waals surface area contributed by atoms with Gasteiger partial charge in [0.05, 0.1) is 0 Å². The molecular formula is C18H27IN4O. The molecule has 1 saturated carbocycles. The van der Waals surface area contributed by atoms with Crippen LogP contribution < -0.4 is 10.6 Å². The predicted molar refractivity (Wildman–Crippen MR) is 107 cm³/mol. The number of hydrogen-bond acceptors (Lipinski definition) is 2. The first-order chi connectivity index (χ1) is 11.3. The van der Waals surface area contributed by atoms with E-state index in [0.717, 1.165) is 32.0 Å². The Balaban J connectivity index is 0.00000208. The van der Waals surface area contributed by atoms with Crippen LogP contribution in [0.1, 0.15) is 43.7 Å². The quantitative estimate of drug-likeness (QED) is 0.308. The standard InChI is InChI=1S/C18H26N4O.HI/c1-2-19-18(21-16-9-10-16)20-11-5-8-17(23)22-12-14-6-3-4-7-15(14)13-22;/h3-4,6-7,16H,2,5,8-13H2,1H3,(H2,19,20,21);1H. The summed E-state index contributed by atoms with van der Waals surface area (Å²) < 4.78 is 0. The Hall–Kier alpha value is -1.31. The van der Waals surface area contributed by atoms with E-state index in [1.165, 1.54) is 24.0 Å². The minimum atomic E-state index is 0. The lowest BCUT2D eigenvalue weighted by atomic mass is 10.1. The van der Waals surface area contributed by atoms with E-state index in [4.69, 9.17) is 0 Å². The molecule has 0 unspecified atom stereocenters. The number of halogens is 1. The SMILES string of the molecule is CCNC(=NCCCC(=O)N1Cc2ccccc2C1)NC1CC1.I. The van der Waals surface area contributed by atoms with Crippen molar-refractivity contribution in [3.8, 4) is 0 Å². The molecule has 0 bridgehead atoms. The lowest BCUT2D eigenvalue weighted by Crippen LogP contribution is -2.38. The summed E-state index contributed by atoms with van der Waals surface area (Å²) in [7, 11) is 0. The molecule has 1 aromatic carbocycles. The van der Waals surface area contributed by atoms with Crippen LogP contribution in [0.4, 0.5) is 0 Å². The van der Waals surface area contributed by atoms with Crippen LogP contribution in [0.15, 0.2) is 29.3 Å². The molecule has 1 aromatic rings. The van der Waals surface area contributed by atoms with Crippen molar-refractivity contribution in [2.24, 2.45) is 4.99 Å². The van der Waals surface area contributed by atoms with Crippen LogP contribution in [-0.4, -0.2) is 35.9 Å². The monoisotopic (exact) mass is 442 g/mol. The summed E-state index contributed by atoms with van der Waals surface area (Å²) in [5, 5.41) is 6.64. The second-order valence-electron chi connectivity index (χ2n) is 6.30. The number of carbonyl (C=O) groups excluding carboxylic acids is 1. The number of hydrogen-bond donors (Lipinski definition) is 2. The van der Waals surface area contributed by atoms with E-state index in [1.807, 2.05) is 17.0 Å². The Bertz CT molecular complexity index is 561. The van der Waals surface area contributed by atoms with Gasteiger partial charge in [-0.25, -0.2) is 0 Å². The summed E-state index contributed by atoms with van der Waals surface area (Å²) in [6.45, 7) is 5.13. The van der Waals surface area contributed by atoms with Gasteiger partial charge in [-0.1, -0.05) is 24.3 Å². The van der Waals surface area contributed by atoms with Gasteiger partial charge < -0.3 is 15.5 Å². The van der Waals surface area contributed by atoms with Crippen molar-refractivity contribution in [2.45, 2.75) is 51.7 Å². The van der Waals surface area contributed by atoms with Gasteiger partial charge in [0.1, 0.15) is 0 Å². The molecule has 2 N–H and O–H groups in total. The molecule has 1 aliphatic heterocycles. The van der Waals surface area contributed by atoms with Crippen molar-refractivity contribution in [3.05, 3.63) is 35.4 Å². The lowest BCUT2D eigenvalue weighted by Gasteiger charge is -2.15. The highest BCUT2D eigenvalue weighted by Gasteiger charge is 2.23. The van der Waals surface area contributed by atoms with Crippen molar-refractivity contribution in [3.63, 3.8) is 0 Å². The average Bonchev–Trinajstić information content (AvgIpc) is 3.26. The van der Waals surface area contributed by atoms with E-state index in [9.17, 15) is 4.79 Å². The summed E-state index contributed by atoms with van der Waals surface area (Å²) >= 11 is 0. The molecule has 1 heterocycles. The number of amides is 1. The minimum Gasteiger partial charge on any atom is -0.357 e. The first-order valence-corrected chi connectivity index (χ1v) is 8.65. The maximum absolute atomic E-state index is 12.3.